The fraction of sp³-hybridized carbons (Fsp3) is 0.158. The molecule has 1 aliphatic rings. The summed E-state index contributed by atoms with van der Waals surface area (Å²) in [6, 6.07) is 29.3. The third kappa shape index (κ3) is 5.46. The largest absolute Gasteiger partial charge is 0.497 e. The standard InChI is InChI=1S/C38H31N3O6/c1-44-26-8-10-27(11-9-26)47-23-33-40-34-31(14-15-32(45-2)35(34)41-33)38(21-24-16-18-39-19-17-24)36(42)29-13-12-28(20-30(29)37(38)43)46-22-25-6-4-3-5-7-25/h3-20H,21-23H2,1-2H3,(H,40,41). The zero-order valence-electron chi connectivity index (χ0n) is 25.9. The van der Waals surface area contributed by atoms with E-state index in [-0.39, 0.29) is 24.6 Å². The molecule has 1 atom stereocenters. The maximum atomic E-state index is 14.7. The number of H-pyrrole nitrogens is 1. The minimum atomic E-state index is -1.59. The highest BCUT2D eigenvalue weighted by Crippen LogP contribution is 2.46. The van der Waals surface area contributed by atoms with Crippen LogP contribution in [0, 0.1) is 0 Å². The molecule has 2 aromatic heterocycles. The first-order chi connectivity index (χ1) is 23.0. The zero-order valence-corrected chi connectivity index (χ0v) is 25.9. The number of hydrogen-bond acceptors (Lipinski definition) is 8. The van der Waals surface area contributed by atoms with E-state index in [9.17, 15) is 9.59 Å². The van der Waals surface area contributed by atoms with E-state index in [0.717, 1.165) is 16.9 Å². The van der Waals surface area contributed by atoms with E-state index in [1.54, 1.807) is 56.9 Å². The quantitative estimate of drug-likeness (QED) is 0.159. The molecule has 0 bridgehead atoms. The first-order valence-corrected chi connectivity index (χ1v) is 15.1. The Morgan fingerprint density at radius 1 is 0.681 bits per heavy atom. The monoisotopic (exact) mass is 625 g/mol. The van der Waals surface area contributed by atoms with Crippen molar-refractivity contribution < 1.29 is 28.5 Å². The van der Waals surface area contributed by atoms with E-state index in [1.165, 1.54) is 0 Å². The Balaban J connectivity index is 1.30. The van der Waals surface area contributed by atoms with Crippen LogP contribution in [0.4, 0.5) is 0 Å². The van der Waals surface area contributed by atoms with Crippen molar-refractivity contribution in [1.82, 2.24) is 15.0 Å². The molecule has 0 spiro atoms. The number of nitrogens with one attached hydrogen (secondary N) is 1. The van der Waals surface area contributed by atoms with Crippen molar-refractivity contribution in [3.05, 3.63) is 143 Å². The summed E-state index contributed by atoms with van der Waals surface area (Å²) >= 11 is 0. The number of fused-ring (bicyclic) bond motifs is 2. The number of pyridine rings is 1. The Bertz CT molecular complexity index is 2080. The molecule has 0 saturated carbocycles. The summed E-state index contributed by atoms with van der Waals surface area (Å²) in [4.78, 5) is 41.7. The molecule has 47 heavy (non-hydrogen) atoms. The van der Waals surface area contributed by atoms with E-state index in [4.69, 9.17) is 23.9 Å². The number of carbonyl (C=O) groups is 2. The number of imidazole rings is 1. The van der Waals surface area contributed by atoms with Gasteiger partial charge < -0.3 is 23.9 Å². The summed E-state index contributed by atoms with van der Waals surface area (Å²) in [6.07, 6.45) is 3.43. The number of nitrogens with zero attached hydrogens (tertiary/aromatic N) is 2. The van der Waals surface area contributed by atoms with Crippen molar-refractivity contribution in [2.24, 2.45) is 0 Å². The molecule has 0 aliphatic heterocycles. The van der Waals surface area contributed by atoms with Crippen molar-refractivity contribution in [2.45, 2.75) is 25.0 Å². The first kappa shape index (κ1) is 29.7. The number of ether oxygens (including phenoxy) is 4. The Kier molecular flexibility index (Phi) is 7.87. The van der Waals surface area contributed by atoms with Gasteiger partial charge in [-0.3, -0.25) is 14.6 Å². The Hall–Kier alpha value is -5.96. The molecular weight excluding hydrogens is 594 g/mol. The highest BCUT2D eigenvalue weighted by atomic mass is 16.5. The molecule has 234 valence electrons. The number of carbonyl (C=O) groups excluding carboxylic acids is 2. The molecule has 0 saturated heterocycles. The molecule has 7 rings (SSSR count). The number of aromatic amines is 1. The summed E-state index contributed by atoms with van der Waals surface area (Å²) < 4.78 is 23.0. The van der Waals surface area contributed by atoms with Gasteiger partial charge in [-0.2, -0.15) is 0 Å². The van der Waals surface area contributed by atoms with E-state index >= 15 is 0 Å². The van der Waals surface area contributed by atoms with Gasteiger partial charge >= 0.3 is 0 Å². The van der Waals surface area contributed by atoms with Crippen molar-refractivity contribution >= 4 is 22.6 Å². The summed E-state index contributed by atoms with van der Waals surface area (Å²) in [5.41, 5.74) is 2.37. The van der Waals surface area contributed by atoms with Gasteiger partial charge in [0, 0.05) is 29.1 Å². The lowest BCUT2D eigenvalue weighted by Crippen LogP contribution is -2.41. The lowest BCUT2D eigenvalue weighted by atomic mass is 9.71. The van der Waals surface area contributed by atoms with Crippen LogP contribution >= 0.6 is 0 Å². The van der Waals surface area contributed by atoms with Crippen LogP contribution in [0.1, 0.15) is 43.2 Å². The maximum absolute atomic E-state index is 14.7. The van der Waals surface area contributed by atoms with E-state index in [1.807, 2.05) is 66.7 Å². The van der Waals surface area contributed by atoms with Crippen LogP contribution in [0.15, 0.2) is 109 Å². The van der Waals surface area contributed by atoms with Crippen molar-refractivity contribution in [1.29, 1.82) is 0 Å². The van der Waals surface area contributed by atoms with E-state index in [2.05, 4.69) is 9.97 Å². The van der Waals surface area contributed by atoms with Crippen LogP contribution in [0.5, 0.6) is 23.0 Å². The number of Topliss-reactive ketones (excluding diaryl/α,β-unsaturated/α-hetero) is 2. The molecule has 4 aromatic carbocycles. The number of ketones is 2. The zero-order chi connectivity index (χ0) is 32.4. The Morgan fingerprint density at radius 2 is 1.38 bits per heavy atom. The van der Waals surface area contributed by atoms with Gasteiger partial charge in [0.1, 0.15) is 53.0 Å². The van der Waals surface area contributed by atoms with Gasteiger partial charge in [-0.05, 0) is 78.2 Å². The average Bonchev–Trinajstić information content (AvgIpc) is 3.64. The van der Waals surface area contributed by atoms with Crippen LogP contribution in [0.3, 0.4) is 0 Å². The highest BCUT2D eigenvalue weighted by molar-refractivity contribution is 6.34. The summed E-state index contributed by atoms with van der Waals surface area (Å²) in [6.45, 7) is 0.447. The number of aromatic nitrogens is 3. The third-order valence-corrected chi connectivity index (χ3v) is 8.49. The first-order valence-electron chi connectivity index (χ1n) is 15.1. The van der Waals surface area contributed by atoms with Gasteiger partial charge in [-0.1, -0.05) is 36.4 Å². The van der Waals surface area contributed by atoms with Crippen LogP contribution in [-0.2, 0) is 25.0 Å². The lowest BCUT2D eigenvalue weighted by Gasteiger charge is -2.27. The van der Waals surface area contributed by atoms with Gasteiger partial charge in [0.15, 0.2) is 11.6 Å². The lowest BCUT2D eigenvalue weighted by molar-refractivity contribution is 0.0794. The van der Waals surface area contributed by atoms with Crippen molar-refractivity contribution in [2.75, 3.05) is 14.2 Å². The Morgan fingerprint density at radius 3 is 2.13 bits per heavy atom. The second-order valence-corrected chi connectivity index (χ2v) is 11.3. The van der Waals surface area contributed by atoms with E-state index < -0.39 is 5.41 Å². The molecular formula is C38H31N3O6. The molecule has 6 aromatic rings. The second-order valence-electron chi connectivity index (χ2n) is 11.3. The van der Waals surface area contributed by atoms with Gasteiger partial charge in [0.05, 0.1) is 19.7 Å². The summed E-state index contributed by atoms with van der Waals surface area (Å²) in [7, 11) is 3.17. The highest BCUT2D eigenvalue weighted by Gasteiger charge is 2.55. The SMILES string of the molecule is COc1ccc(OCc2nc3c(C4(Cc5ccncc5)C(=O)c5ccc(OCc6ccccc6)cc5C4=O)ccc(OC)c3[nH]2)cc1. The van der Waals surface area contributed by atoms with Crippen LogP contribution in [0.25, 0.3) is 11.0 Å². The predicted molar refractivity (Wildman–Crippen MR) is 175 cm³/mol. The predicted octanol–water partition coefficient (Wildman–Crippen LogP) is 6.69. The number of methoxy groups -OCH3 is 2. The fourth-order valence-corrected chi connectivity index (χ4v) is 6.13. The van der Waals surface area contributed by atoms with Gasteiger partial charge in [0.25, 0.3) is 0 Å². The van der Waals surface area contributed by atoms with Crippen LogP contribution in [0.2, 0.25) is 0 Å². The molecule has 0 radical (unpaired) electrons. The normalized spacial score (nSPS) is 15.4. The molecule has 1 unspecified atom stereocenters. The molecule has 0 fully saturated rings. The van der Waals surface area contributed by atoms with Crippen molar-refractivity contribution in [3.8, 4) is 23.0 Å². The summed E-state index contributed by atoms with van der Waals surface area (Å²) in [5, 5.41) is 0. The fourth-order valence-electron chi connectivity index (χ4n) is 6.13. The van der Waals surface area contributed by atoms with Gasteiger partial charge in [-0.15, -0.1) is 0 Å². The van der Waals surface area contributed by atoms with Crippen LogP contribution in [-0.4, -0.2) is 40.7 Å². The minimum absolute atomic E-state index is 0.116. The van der Waals surface area contributed by atoms with Crippen molar-refractivity contribution in [3.63, 3.8) is 0 Å². The molecule has 2 heterocycles. The topological polar surface area (TPSA) is 113 Å². The molecule has 1 N–H and O–H groups in total. The summed E-state index contributed by atoms with van der Waals surface area (Å²) in [5.74, 6) is 2.28. The number of hydrogen-bond donors (Lipinski definition) is 1. The molecule has 9 heteroatoms. The third-order valence-electron chi connectivity index (χ3n) is 8.49. The molecule has 9 nitrogen and oxygen atoms in total. The average molecular weight is 626 g/mol. The molecule has 0 amide bonds. The maximum Gasteiger partial charge on any atom is 0.182 e. The van der Waals surface area contributed by atoms with Gasteiger partial charge in [0.2, 0.25) is 0 Å². The Labute approximate surface area is 271 Å². The number of rotatable bonds is 11. The second kappa shape index (κ2) is 12.4. The van der Waals surface area contributed by atoms with Crippen LogP contribution < -0.4 is 18.9 Å². The molecule has 1 aliphatic carbocycles. The van der Waals surface area contributed by atoms with E-state index in [0.29, 0.717) is 57.4 Å². The number of benzene rings is 4. The minimum Gasteiger partial charge on any atom is -0.497 e. The van der Waals surface area contributed by atoms with Gasteiger partial charge in [-0.25, -0.2) is 4.98 Å². The smallest absolute Gasteiger partial charge is 0.182 e.